The van der Waals surface area contributed by atoms with Crippen molar-refractivity contribution in [1.29, 1.82) is 5.26 Å². The molecule has 0 saturated heterocycles. The molecule has 0 aliphatic carbocycles. The van der Waals surface area contributed by atoms with E-state index in [0.717, 1.165) is 22.0 Å². The van der Waals surface area contributed by atoms with Crippen LogP contribution in [0, 0.1) is 11.3 Å². The number of ether oxygens (including phenoxy) is 1. The smallest absolute Gasteiger partial charge is 0.129 e. The van der Waals surface area contributed by atoms with Crippen LogP contribution in [0.4, 0.5) is 0 Å². The van der Waals surface area contributed by atoms with Crippen LogP contribution < -0.4 is 4.74 Å². The van der Waals surface area contributed by atoms with Gasteiger partial charge < -0.3 is 4.74 Å². The first-order valence-electron chi connectivity index (χ1n) is 4.90. The summed E-state index contributed by atoms with van der Waals surface area (Å²) < 4.78 is 5.27. The minimum absolute atomic E-state index is 0.319. The normalized spacial score (nSPS) is 9.94. The molecule has 17 heavy (non-hydrogen) atoms. The molecule has 0 N–H and O–H groups in total. The van der Waals surface area contributed by atoms with Gasteiger partial charge in [0.2, 0.25) is 0 Å². The summed E-state index contributed by atoms with van der Waals surface area (Å²) in [5, 5.41) is 11.9. The van der Waals surface area contributed by atoms with E-state index in [0.29, 0.717) is 11.4 Å². The first-order valence-corrected chi connectivity index (χ1v) is 6.15. The molecule has 2 rings (SSSR count). The van der Waals surface area contributed by atoms with Gasteiger partial charge in [-0.05, 0) is 18.2 Å². The number of halogens is 1. The molecule has 1 heterocycles. The van der Waals surface area contributed by atoms with Gasteiger partial charge in [0.25, 0.3) is 0 Å². The Kier molecular flexibility index (Phi) is 3.62. The molecule has 0 atom stereocenters. The number of hydrogen-bond acceptors (Lipinski definition) is 4. The molecule has 0 radical (unpaired) electrons. The van der Waals surface area contributed by atoms with E-state index in [4.69, 9.17) is 21.6 Å². The molecule has 0 aliphatic rings. The van der Waals surface area contributed by atoms with E-state index in [9.17, 15) is 0 Å². The van der Waals surface area contributed by atoms with Crippen molar-refractivity contribution in [2.45, 2.75) is 6.42 Å². The highest BCUT2D eigenvalue weighted by Gasteiger charge is 2.10. The standard InChI is InChI=1S/C12H9ClN2OS/c1-16-11-3-2-8(13)6-10(11)12-15-9(4-5-14)7-17-12/h2-3,6-7H,4H2,1H3. The summed E-state index contributed by atoms with van der Waals surface area (Å²) in [6, 6.07) is 7.47. The van der Waals surface area contributed by atoms with E-state index >= 15 is 0 Å². The fourth-order valence-electron chi connectivity index (χ4n) is 1.44. The lowest BCUT2D eigenvalue weighted by Crippen LogP contribution is -1.88. The third-order valence-corrected chi connectivity index (χ3v) is 3.36. The van der Waals surface area contributed by atoms with Gasteiger partial charge in [-0.1, -0.05) is 11.6 Å². The van der Waals surface area contributed by atoms with Crippen LogP contribution >= 0.6 is 22.9 Å². The lowest BCUT2D eigenvalue weighted by molar-refractivity contribution is 0.416. The Morgan fingerprint density at radius 1 is 1.53 bits per heavy atom. The summed E-state index contributed by atoms with van der Waals surface area (Å²) in [6.45, 7) is 0. The molecule has 3 nitrogen and oxygen atoms in total. The second-order valence-corrected chi connectivity index (χ2v) is 4.62. The summed E-state index contributed by atoms with van der Waals surface area (Å²) in [4.78, 5) is 4.38. The highest BCUT2D eigenvalue weighted by molar-refractivity contribution is 7.13. The summed E-state index contributed by atoms with van der Waals surface area (Å²) in [5.41, 5.74) is 1.63. The molecule has 1 aromatic heterocycles. The van der Waals surface area contributed by atoms with Crippen molar-refractivity contribution in [2.75, 3.05) is 7.11 Å². The van der Waals surface area contributed by atoms with E-state index < -0.39 is 0 Å². The van der Waals surface area contributed by atoms with Crippen LogP contribution in [0.15, 0.2) is 23.6 Å². The highest BCUT2D eigenvalue weighted by Crippen LogP contribution is 2.34. The topological polar surface area (TPSA) is 45.9 Å². The van der Waals surface area contributed by atoms with Crippen LogP contribution in [-0.4, -0.2) is 12.1 Å². The number of nitriles is 1. The maximum Gasteiger partial charge on any atom is 0.129 e. The van der Waals surface area contributed by atoms with Crippen molar-refractivity contribution < 1.29 is 4.74 Å². The summed E-state index contributed by atoms with van der Waals surface area (Å²) >= 11 is 7.44. The van der Waals surface area contributed by atoms with Crippen LogP contribution in [-0.2, 0) is 6.42 Å². The van der Waals surface area contributed by atoms with Gasteiger partial charge in [-0.15, -0.1) is 11.3 Å². The zero-order valence-corrected chi connectivity index (χ0v) is 10.7. The van der Waals surface area contributed by atoms with Gasteiger partial charge >= 0.3 is 0 Å². The zero-order chi connectivity index (χ0) is 12.3. The molecule has 0 amide bonds. The van der Waals surface area contributed by atoms with E-state index in [1.807, 2.05) is 17.5 Å². The Bertz CT molecular complexity index is 574. The first-order chi connectivity index (χ1) is 8.24. The molecule has 0 bridgehead atoms. The average molecular weight is 265 g/mol. The predicted octanol–water partition coefficient (Wildman–Crippen LogP) is 3.54. The molecule has 0 spiro atoms. The second-order valence-electron chi connectivity index (χ2n) is 3.32. The molecule has 2 aromatic rings. The van der Waals surface area contributed by atoms with Gasteiger partial charge in [0.1, 0.15) is 10.8 Å². The molecular formula is C12H9ClN2OS. The average Bonchev–Trinajstić information content (AvgIpc) is 2.78. The highest BCUT2D eigenvalue weighted by atomic mass is 35.5. The number of rotatable bonds is 3. The molecule has 0 unspecified atom stereocenters. The van der Waals surface area contributed by atoms with E-state index in [1.165, 1.54) is 11.3 Å². The Labute approximate surface area is 108 Å². The van der Waals surface area contributed by atoms with E-state index in [2.05, 4.69) is 11.1 Å². The fourth-order valence-corrected chi connectivity index (χ4v) is 2.45. The SMILES string of the molecule is COc1ccc(Cl)cc1-c1nc(CC#N)cs1. The van der Waals surface area contributed by atoms with Crippen LogP contribution in [0.2, 0.25) is 5.02 Å². The second kappa shape index (κ2) is 5.17. The molecule has 5 heteroatoms. The fraction of sp³-hybridized carbons (Fsp3) is 0.167. The molecule has 0 aliphatic heterocycles. The van der Waals surface area contributed by atoms with Gasteiger partial charge in [-0.25, -0.2) is 4.98 Å². The Balaban J connectivity index is 2.44. The van der Waals surface area contributed by atoms with Crippen molar-refractivity contribution in [2.24, 2.45) is 0 Å². The van der Waals surface area contributed by atoms with E-state index in [1.54, 1.807) is 13.2 Å². The third-order valence-electron chi connectivity index (χ3n) is 2.20. The third kappa shape index (κ3) is 2.57. The number of thiazole rings is 1. The Morgan fingerprint density at radius 2 is 2.35 bits per heavy atom. The van der Waals surface area contributed by atoms with Gasteiger partial charge in [0, 0.05) is 10.4 Å². The maximum atomic E-state index is 8.61. The number of methoxy groups -OCH3 is 1. The largest absolute Gasteiger partial charge is 0.496 e. The minimum atomic E-state index is 0.319. The maximum absolute atomic E-state index is 8.61. The van der Waals surface area contributed by atoms with Gasteiger partial charge in [0.15, 0.2) is 0 Å². The Morgan fingerprint density at radius 3 is 3.06 bits per heavy atom. The summed E-state index contributed by atoms with van der Waals surface area (Å²) in [7, 11) is 1.61. The zero-order valence-electron chi connectivity index (χ0n) is 9.11. The van der Waals surface area contributed by atoms with Crippen molar-refractivity contribution in [3.05, 3.63) is 34.3 Å². The lowest BCUT2D eigenvalue weighted by Gasteiger charge is -2.05. The monoisotopic (exact) mass is 264 g/mol. The molecule has 0 saturated carbocycles. The molecule has 0 fully saturated rings. The summed E-state index contributed by atoms with van der Waals surface area (Å²) in [6.07, 6.45) is 0.319. The molecule has 1 aromatic carbocycles. The number of nitrogens with zero attached hydrogens (tertiary/aromatic N) is 2. The van der Waals surface area contributed by atoms with Crippen molar-refractivity contribution in [3.63, 3.8) is 0 Å². The van der Waals surface area contributed by atoms with Crippen molar-refractivity contribution in [1.82, 2.24) is 4.98 Å². The quantitative estimate of drug-likeness (QED) is 0.852. The van der Waals surface area contributed by atoms with Crippen molar-refractivity contribution in [3.8, 4) is 22.4 Å². The van der Waals surface area contributed by atoms with Gasteiger partial charge in [-0.2, -0.15) is 5.26 Å². The van der Waals surface area contributed by atoms with Crippen LogP contribution in [0.1, 0.15) is 5.69 Å². The predicted molar refractivity (Wildman–Crippen MR) is 68.4 cm³/mol. The van der Waals surface area contributed by atoms with Crippen LogP contribution in [0.5, 0.6) is 5.75 Å². The minimum Gasteiger partial charge on any atom is -0.496 e. The first kappa shape index (κ1) is 11.9. The molecular weight excluding hydrogens is 256 g/mol. The number of aromatic nitrogens is 1. The van der Waals surface area contributed by atoms with Crippen LogP contribution in [0.25, 0.3) is 10.6 Å². The van der Waals surface area contributed by atoms with Crippen LogP contribution in [0.3, 0.4) is 0 Å². The van der Waals surface area contributed by atoms with Gasteiger partial charge in [-0.3, -0.25) is 0 Å². The lowest BCUT2D eigenvalue weighted by atomic mass is 10.2. The van der Waals surface area contributed by atoms with Gasteiger partial charge in [0.05, 0.1) is 30.9 Å². The van der Waals surface area contributed by atoms with E-state index in [-0.39, 0.29) is 0 Å². The summed E-state index contributed by atoms with van der Waals surface area (Å²) in [5.74, 6) is 0.729. The van der Waals surface area contributed by atoms with Crippen molar-refractivity contribution >= 4 is 22.9 Å². The number of hydrogen-bond donors (Lipinski definition) is 0. The molecule has 86 valence electrons. The number of benzene rings is 1. The Hall–Kier alpha value is -1.57.